The molecule has 1 rings (SSSR count). The van der Waals surface area contributed by atoms with Crippen molar-refractivity contribution in [3.63, 3.8) is 0 Å². The van der Waals surface area contributed by atoms with Crippen molar-refractivity contribution in [2.45, 2.75) is 4.90 Å². The Morgan fingerprint density at radius 2 is 2.31 bits per heavy atom. The van der Waals surface area contributed by atoms with Crippen LogP contribution in [0.2, 0.25) is 5.15 Å². The van der Waals surface area contributed by atoms with Crippen LogP contribution in [0.4, 0.5) is 0 Å². The molecule has 70 valence electrons. The van der Waals surface area contributed by atoms with Gasteiger partial charge in [-0.05, 0) is 18.4 Å². The van der Waals surface area contributed by atoms with Crippen LogP contribution in [0.3, 0.4) is 0 Å². The Morgan fingerprint density at radius 1 is 1.62 bits per heavy atom. The summed E-state index contributed by atoms with van der Waals surface area (Å²) in [5, 5.41) is 2.84. The maximum absolute atomic E-state index is 11.3. The molecule has 1 aromatic heterocycles. The van der Waals surface area contributed by atoms with E-state index < -0.39 is 0 Å². The van der Waals surface area contributed by atoms with Crippen LogP contribution in [-0.2, 0) is 0 Å². The van der Waals surface area contributed by atoms with E-state index in [0.717, 1.165) is 4.90 Å². The molecule has 1 amide bonds. The number of nitrogens with one attached hydrogen (secondary N) is 1. The third-order valence-corrected chi connectivity index (χ3v) is 2.47. The molecule has 0 atom stereocenters. The molecule has 0 radical (unpaired) electrons. The van der Waals surface area contributed by atoms with E-state index in [2.05, 4.69) is 10.3 Å². The number of carbonyl (C=O) groups excluding carboxylic acids is 1. The molecule has 0 spiro atoms. The van der Waals surface area contributed by atoms with E-state index in [0.29, 0.717) is 10.8 Å². The Morgan fingerprint density at radius 3 is 2.85 bits per heavy atom. The Hall–Kier alpha value is -0.740. The predicted molar refractivity (Wildman–Crippen MR) is 54.4 cm³/mol. The molecule has 0 aliphatic heterocycles. The van der Waals surface area contributed by atoms with Gasteiger partial charge in [-0.2, -0.15) is 0 Å². The number of halogens is 1. The smallest absolute Gasteiger partial charge is 0.270 e. The molecule has 3 nitrogen and oxygen atoms in total. The van der Waals surface area contributed by atoms with E-state index in [1.807, 2.05) is 6.26 Å². The number of pyridine rings is 1. The summed E-state index contributed by atoms with van der Waals surface area (Å²) in [6.45, 7) is 0. The van der Waals surface area contributed by atoms with Crippen molar-refractivity contribution < 1.29 is 4.79 Å². The number of amides is 1. The van der Waals surface area contributed by atoms with E-state index in [-0.39, 0.29) is 5.91 Å². The third kappa shape index (κ3) is 2.35. The number of carbonyl (C=O) groups is 1. The zero-order valence-electron chi connectivity index (χ0n) is 7.30. The second-order valence-corrected chi connectivity index (χ2v) is 3.50. The van der Waals surface area contributed by atoms with E-state index in [9.17, 15) is 4.79 Å². The zero-order chi connectivity index (χ0) is 9.84. The Balaban J connectivity index is 3.15. The van der Waals surface area contributed by atoms with Gasteiger partial charge in [0.15, 0.2) is 0 Å². The second kappa shape index (κ2) is 4.48. The molecule has 0 aliphatic rings. The quantitative estimate of drug-likeness (QED) is 0.606. The summed E-state index contributed by atoms with van der Waals surface area (Å²) >= 11 is 7.14. The fourth-order valence-electron chi connectivity index (χ4n) is 0.868. The predicted octanol–water partition coefficient (Wildman–Crippen LogP) is 1.82. The molecule has 1 aromatic rings. The standard InChI is InChI=1S/C8H9ClN2OS/c1-10-8(12)7-5(13-2)3-4-6(9)11-7/h3-4H,1-2H3,(H,10,12). The van der Waals surface area contributed by atoms with Crippen molar-refractivity contribution in [1.82, 2.24) is 10.3 Å². The van der Waals surface area contributed by atoms with E-state index in [4.69, 9.17) is 11.6 Å². The molecule has 0 fully saturated rings. The van der Waals surface area contributed by atoms with Crippen LogP contribution in [0.25, 0.3) is 0 Å². The highest BCUT2D eigenvalue weighted by atomic mass is 35.5. The van der Waals surface area contributed by atoms with Gasteiger partial charge in [-0.3, -0.25) is 4.79 Å². The SMILES string of the molecule is CNC(=O)c1nc(Cl)ccc1SC. The number of aromatic nitrogens is 1. The summed E-state index contributed by atoms with van der Waals surface area (Å²) in [6.07, 6.45) is 1.89. The Kier molecular flexibility index (Phi) is 3.57. The first kappa shape index (κ1) is 10.3. The number of rotatable bonds is 2. The topological polar surface area (TPSA) is 42.0 Å². The van der Waals surface area contributed by atoms with Crippen LogP contribution < -0.4 is 5.32 Å². The fourth-order valence-corrected chi connectivity index (χ4v) is 1.55. The van der Waals surface area contributed by atoms with Crippen LogP contribution in [0.15, 0.2) is 17.0 Å². The largest absolute Gasteiger partial charge is 0.354 e. The maximum Gasteiger partial charge on any atom is 0.270 e. The molecule has 0 bridgehead atoms. The van der Waals surface area contributed by atoms with Crippen molar-refractivity contribution in [3.8, 4) is 0 Å². The molecule has 0 saturated heterocycles. The lowest BCUT2D eigenvalue weighted by molar-refractivity contribution is 0.0955. The molecule has 13 heavy (non-hydrogen) atoms. The molecule has 1 heterocycles. The lowest BCUT2D eigenvalue weighted by Crippen LogP contribution is -2.20. The summed E-state index contributed by atoms with van der Waals surface area (Å²) in [7, 11) is 1.56. The summed E-state index contributed by atoms with van der Waals surface area (Å²) in [6, 6.07) is 3.45. The van der Waals surface area contributed by atoms with E-state index in [1.165, 1.54) is 11.8 Å². The monoisotopic (exact) mass is 216 g/mol. The second-order valence-electron chi connectivity index (χ2n) is 2.26. The van der Waals surface area contributed by atoms with Gasteiger partial charge in [0.2, 0.25) is 0 Å². The van der Waals surface area contributed by atoms with E-state index >= 15 is 0 Å². The first-order valence-electron chi connectivity index (χ1n) is 3.61. The Bertz CT molecular complexity index is 330. The Labute approximate surface area is 85.9 Å². The summed E-state index contributed by atoms with van der Waals surface area (Å²) in [4.78, 5) is 16.1. The first-order chi connectivity index (χ1) is 6.19. The van der Waals surface area contributed by atoms with Gasteiger partial charge in [-0.25, -0.2) is 4.98 Å². The van der Waals surface area contributed by atoms with Gasteiger partial charge >= 0.3 is 0 Å². The van der Waals surface area contributed by atoms with Crippen LogP contribution >= 0.6 is 23.4 Å². The summed E-state index contributed by atoms with van der Waals surface area (Å²) < 4.78 is 0. The van der Waals surface area contributed by atoms with Gasteiger partial charge in [-0.15, -0.1) is 11.8 Å². The lowest BCUT2D eigenvalue weighted by atomic mass is 10.3. The highest BCUT2D eigenvalue weighted by Gasteiger charge is 2.11. The molecular weight excluding hydrogens is 208 g/mol. The van der Waals surface area contributed by atoms with Gasteiger partial charge in [0.25, 0.3) is 5.91 Å². The van der Waals surface area contributed by atoms with Gasteiger partial charge < -0.3 is 5.32 Å². The lowest BCUT2D eigenvalue weighted by Gasteiger charge is -2.04. The number of hydrogen-bond acceptors (Lipinski definition) is 3. The van der Waals surface area contributed by atoms with Gasteiger partial charge in [0, 0.05) is 11.9 Å². The average Bonchev–Trinajstić information content (AvgIpc) is 2.16. The van der Waals surface area contributed by atoms with Gasteiger partial charge in [0.1, 0.15) is 10.8 Å². The number of thioether (sulfide) groups is 1. The van der Waals surface area contributed by atoms with Gasteiger partial charge in [0.05, 0.1) is 0 Å². The molecule has 1 N–H and O–H groups in total. The van der Waals surface area contributed by atoms with Crippen molar-refractivity contribution in [2.75, 3.05) is 13.3 Å². The first-order valence-corrected chi connectivity index (χ1v) is 5.22. The summed E-state index contributed by atoms with van der Waals surface area (Å²) in [5.74, 6) is -0.216. The molecule has 0 unspecified atom stereocenters. The number of hydrogen-bond donors (Lipinski definition) is 1. The van der Waals surface area contributed by atoms with Crippen LogP contribution in [0.1, 0.15) is 10.5 Å². The third-order valence-electron chi connectivity index (χ3n) is 1.49. The molecular formula is C8H9ClN2OS. The van der Waals surface area contributed by atoms with Gasteiger partial charge in [-0.1, -0.05) is 11.6 Å². The molecule has 5 heteroatoms. The van der Waals surface area contributed by atoms with Crippen LogP contribution in [0, 0.1) is 0 Å². The van der Waals surface area contributed by atoms with Crippen LogP contribution in [0.5, 0.6) is 0 Å². The molecule has 0 aromatic carbocycles. The van der Waals surface area contributed by atoms with Crippen molar-refractivity contribution >= 4 is 29.3 Å². The normalized spacial score (nSPS) is 9.77. The highest BCUT2D eigenvalue weighted by molar-refractivity contribution is 7.98. The fraction of sp³-hybridized carbons (Fsp3) is 0.250. The summed E-state index contributed by atoms with van der Waals surface area (Å²) in [5.41, 5.74) is 0.377. The molecule has 0 saturated carbocycles. The van der Waals surface area contributed by atoms with Crippen molar-refractivity contribution in [1.29, 1.82) is 0 Å². The van der Waals surface area contributed by atoms with Crippen molar-refractivity contribution in [2.24, 2.45) is 0 Å². The van der Waals surface area contributed by atoms with Crippen LogP contribution in [-0.4, -0.2) is 24.2 Å². The minimum absolute atomic E-state index is 0.216. The van der Waals surface area contributed by atoms with Crippen molar-refractivity contribution in [3.05, 3.63) is 23.0 Å². The zero-order valence-corrected chi connectivity index (χ0v) is 8.87. The highest BCUT2D eigenvalue weighted by Crippen LogP contribution is 2.20. The average molecular weight is 217 g/mol. The maximum atomic E-state index is 11.3. The molecule has 0 aliphatic carbocycles. The van der Waals surface area contributed by atoms with E-state index in [1.54, 1.807) is 19.2 Å². The minimum atomic E-state index is -0.216. The minimum Gasteiger partial charge on any atom is -0.354 e. The number of nitrogens with zero attached hydrogens (tertiary/aromatic N) is 1.